The summed E-state index contributed by atoms with van der Waals surface area (Å²) in [5.74, 6) is 0.876. The van der Waals surface area contributed by atoms with Crippen molar-refractivity contribution in [2.75, 3.05) is 18.0 Å². The zero-order valence-electron chi connectivity index (χ0n) is 12.6. The van der Waals surface area contributed by atoms with Crippen molar-refractivity contribution in [3.8, 4) is 0 Å². The fourth-order valence-electron chi connectivity index (χ4n) is 3.52. The summed E-state index contributed by atoms with van der Waals surface area (Å²) in [5, 5.41) is 3.07. The molecule has 2 aliphatic rings. The van der Waals surface area contributed by atoms with Gasteiger partial charge in [-0.25, -0.2) is 4.98 Å². The summed E-state index contributed by atoms with van der Waals surface area (Å²) in [6.45, 7) is 7.65. The van der Waals surface area contributed by atoms with Crippen LogP contribution in [0.5, 0.6) is 0 Å². The van der Waals surface area contributed by atoms with E-state index in [9.17, 15) is 4.79 Å². The second-order valence-corrected chi connectivity index (χ2v) is 8.66. The number of rotatable bonds is 2. The fourth-order valence-corrected chi connectivity index (χ4v) is 4.79. The first-order valence-electron chi connectivity index (χ1n) is 7.42. The molecule has 2 bridgehead atoms. The van der Waals surface area contributed by atoms with Gasteiger partial charge in [0.25, 0.3) is 0 Å². The molecular formula is C15H21BrN2O2S. The Morgan fingerprint density at radius 3 is 2.48 bits per heavy atom. The summed E-state index contributed by atoms with van der Waals surface area (Å²) in [5.41, 5.74) is -0.395. The molecule has 0 N–H and O–H groups in total. The van der Waals surface area contributed by atoms with Gasteiger partial charge in [-0.2, -0.15) is 0 Å². The largest absolute Gasteiger partial charge is 0.460 e. The third kappa shape index (κ3) is 3.26. The van der Waals surface area contributed by atoms with Gasteiger partial charge >= 0.3 is 5.97 Å². The highest BCUT2D eigenvalue weighted by Gasteiger charge is 2.47. The van der Waals surface area contributed by atoms with E-state index in [0.29, 0.717) is 11.8 Å². The number of aromatic nitrogens is 1. The van der Waals surface area contributed by atoms with E-state index in [0.717, 1.165) is 35.7 Å². The van der Waals surface area contributed by atoms with E-state index in [-0.39, 0.29) is 11.9 Å². The van der Waals surface area contributed by atoms with Crippen LogP contribution in [0.15, 0.2) is 9.98 Å². The van der Waals surface area contributed by atoms with E-state index < -0.39 is 5.60 Å². The molecule has 1 saturated heterocycles. The van der Waals surface area contributed by atoms with Crippen LogP contribution in [0.25, 0.3) is 0 Å². The highest BCUT2D eigenvalue weighted by Crippen LogP contribution is 2.44. The van der Waals surface area contributed by atoms with Crippen LogP contribution in [0.1, 0.15) is 33.6 Å². The molecule has 0 spiro atoms. The third-order valence-corrected chi connectivity index (χ3v) is 5.86. The average Bonchev–Trinajstić information content (AvgIpc) is 2.89. The van der Waals surface area contributed by atoms with Crippen molar-refractivity contribution in [1.29, 1.82) is 0 Å². The van der Waals surface area contributed by atoms with Gasteiger partial charge in [-0.15, -0.1) is 11.3 Å². The van der Waals surface area contributed by atoms with Crippen LogP contribution in [0.3, 0.4) is 0 Å². The summed E-state index contributed by atoms with van der Waals surface area (Å²) in [6, 6.07) is 0. The van der Waals surface area contributed by atoms with Crippen LogP contribution in [0, 0.1) is 17.8 Å². The molecule has 6 heteroatoms. The monoisotopic (exact) mass is 372 g/mol. The molecule has 4 nitrogen and oxygen atoms in total. The number of anilines is 1. The van der Waals surface area contributed by atoms with Gasteiger partial charge in [-0.3, -0.25) is 4.79 Å². The Hall–Kier alpha value is -0.620. The van der Waals surface area contributed by atoms with Crippen LogP contribution >= 0.6 is 27.3 Å². The maximum atomic E-state index is 12.5. The highest BCUT2D eigenvalue weighted by molar-refractivity contribution is 9.10. The number of hydrogen-bond acceptors (Lipinski definition) is 5. The molecule has 1 aromatic rings. The summed E-state index contributed by atoms with van der Waals surface area (Å²) in [4.78, 5) is 19.3. The van der Waals surface area contributed by atoms with Crippen LogP contribution in [0.2, 0.25) is 0 Å². The topological polar surface area (TPSA) is 42.4 Å². The third-order valence-electron chi connectivity index (χ3n) is 4.25. The van der Waals surface area contributed by atoms with Gasteiger partial charge < -0.3 is 9.64 Å². The summed E-state index contributed by atoms with van der Waals surface area (Å²) < 4.78 is 6.52. The molecule has 21 heavy (non-hydrogen) atoms. The zero-order chi connectivity index (χ0) is 15.2. The molecule has 0 radical (unpaired) electrons. The first-order chi connectivity index (χ1) is 9.83. The molecule has 3 rings (SSSR count). The Bertz CT molecular complexity index is 526. The molecule has 1 saturated carbocycles. The summed E-state index contributed by atoms with van der Waals surface area (Å²) >= 11 is 5.07. The van der Waals surface area contributed by atoms with E-state index in [1.54, 1.807) is 11.3 Å². The Labute approximate surface area is 138 Å². The summed E-state index contributed by atoms with van der Waals surface area (Å²) in [6.07, 6.45) is 2.25. The Morgan fingerprint density at radius 2 is 2.00 bits per heavy atom. The molecular weight excluding hydrogens is 352 g/mol. The predicted octanol–water partition coefficient (Wildman–Crippen LogP) is 3.71. The second kappa shape index (κ2) is 5.54. The van der Waals surface area contributed by atoms with Crippen molar-refractivity contribution in [1.82, 2.24) is 4.98 Å². The van der Waals surface area contributed by atoms with E-state index in [1.165, 1.54) is 0 Å². The number of hydrogen-bond donors (Lipinski definition) is 0. The lowest BCUT2D eigenvalue weighted by Crippen LogP contribution is -2.46. The number of piperidine rings is 1. The van der Waals surface area contributed by atoms with Gasteiger partial charge in [0, 0.05) is 18.5 Å². The maximum absolute atomic E-state index is 12.5. The molecule has 2 atom stereocenters. The molecule has 1 aromatic heterocycles. The van der Waals surface area contributed by atoms with Gasteiger partial charge in [-0.1, -0.05) is 0 Å². The van der Waals surface area contributed by atoms with Crippen molar-refractivity contribution in [3.05, 3.63) is 9.98 Å². The quantitative estimate of drug-likeness (QED) is 0.742. The molecule has 0 aromatic carbocycles. The summed E-state index contributed by atoms with van der Waals surface area (Å²) in [7, 11) is 0. The smallest absolute Gasteiger partial charge is 0.310 e. The van der Waals surface area contributed by atoms with Gasteiger partial charge in [0.1, 0.15) is 10.2 Å². The van der Waals surface area contributed by atoms with Gasteiger partial charge in [-0.05, 0) is 61.4 Å². The lowest BCUT2D eigenvalue weighted by molar-refractivity contribution is -0.163. The number of carbonyl (C=O) groups is 1. The Kier molecular flexibility index (Phi) is 4.03. The minimum atomic E-state index is -0.395. The van der Waals surface area contributed by atoms with Gasteiger partial charge in [0.2, 0.25) is 0 Å². The molecule has 2 fully saturated rings. The standard InChI is InChI=1S/C15H21BrN2O2S/c1-15(2,3)20-13(19)12-9-4-5-10(12)7-18(6-9)14-17-11(16)8-21-14/h8-10,12H,4-7H2,1-3H3. The van der Waals surface area contributed by atoms with Crippen LogP contribution in [-0.4, -0.2) is 29.6 Å². The van der Waals surface area contributed by atoms with E-state index in [2.05, 4.69) is 25.8 Å². The first-order valence-corrected chi connectivity index (χ1v) is 9.09. The van der Waals surface area contributed by atoms with Crippen molar-refractivity contribution in [2.24, 2.45) is 17.8 Å². The van der Waals surface area contributed by atoms with Gasteiger partial charge in [0.05, 0.1) is 5.92 Å². The lowest BCUT2D eigenvalue weighted by atomic mass is 9.85. The van der Waals surface area contributed by atoms with E-state index in [4.69, 9.17) is 4.74 Å². The number of halogens is 1. The highest BCUT2D eigenvalue weighted by atomic mass is 79.9. The number of esters is 1. The van der Waals surface area contributed by atoms with E-state index >= 15 is 0 Å². The molecule has 1 aliphatic carbocycles. The minimum absolute atomic E-state index is 0.00466. The van der Waals surface area contributed by atoms with Crippen molar-refractivity contribution in [2.45, 2.75) is 39.2 Å². The molecule has 2 unspecified atom stereocenters. The molecule has 0 amide bonds. The van der Waals surface area contributed by atoms with Crippen LogP contribution in [-0.2, 0) is 9.53 Å². The number of nitrogens with zero attached hydrogens (tertiary/aromatic N) is 2. The fraction of sp³-hybridized carbons (Fsp3) is 0.733. The molecule has 2 heterocycles. The molecule has 116 valence electrons. The number of ether oxygens (including phenoxy) is 1. The average molecular weight is 373 g/mol. The van der Waals surface area contributed by atoms with Gasteiger partial charge in [0.15, 0.2) is 5.13 Å². The number of thiazole rings is 1. The number of fused-ring (bicyclic) bond motifs is 2. The van der Waals surface area contributed by atoms with Crippen LogP contribution in [0.4, 0.5) is 5.13 Å². The lowest BCUT2D eigenvalue weighted by Gasteiger charge is -2.37. The Balaban J connectivity index is 1.71. The Morgan fingerprint density at radius 1 is 1.38 bits per heavy atom. The SMILES string of the molecule is CC(C)(C)OC(=O)C1C2CCC1CN(c1nc(Br)cs1)C2. The zero-order valence-corrected chi connectivity index (χ0v) is 15.0. The van der Waals surface area contributed by atoms with Crippen LogP contribution < -0.4 is 4.90 Å². The normalized spacial score (nSPS) is 28.8. The molecule has 1 aliphatic heterocycles. The minimum Gasteiger partial charge on any atom is -0.460 e. The van der Waals surface area contributed by atoms with Crippen molar-refractivity contribution in [3.63, 3.8) is 0 Å². The maximum Gasteiger partial charge on any atom is 0.310 e. The predicted molar refractivity (Wildman–Crippen MR) is 87.6 cm³/mol. The first kappa shape index (κ1) is 15.3. The van der Waals surface area contributed by atoms with E-state index in [1.807, 2.05) is 26.2 Å². The van der Waals surface area contributed by atoms with Crippen molar-refractivity contribution >= 4 is 38.4 Å². The van der Waals surface area contributed by atoms with Crippen molar-refractivity contribution < 1.29 is 9.53 Å². The second-order valence-electron chi connectivity index (χ2n) is 7.01. The number of carbonyl (C=O) groups excluding carboxylic acids is 1.